The molecule has 80 valence electrons. The second-order valence-electron chi connectivity index (χ2n) is 3.12. The number of alkyl halides is 1. The van der Waals surface area contributed by atoms with Gasteiger partial charge in [-0.1, -0.05) is 27.5 Å². The Morgan fingerprint density at radius 2 is 2.20 bits per heavy atom. The lowest BCUT2D eigenvalue weighted by molar-refractivity contribution is -0.117. The van der Waals surface area contributed by atoms with Gasteiger partial charge in [-0.15, -0.1) is 0 Å². The molecule has 2 heterocycles. The van der Waals surface area contributed by atoms with Crippen molar-refractivity contribution in [2.75, 3.05) is 11.4 Å². The van der Waals surface area contributed by atoms with Gasteiger partial charge in [-0.05, 0) is 11.6 Å². The molecule has 0 aromatic carbocycles. The molecule has 1 aliphatic rings. The Morgan fingerprint density at radius 3 is 2.73 bits per heavy atom. The Balaban J connectivity index is 2.33. The minimum atomic E-state index is 0.00251. The molecule has 0 spiro atoms. The van der Waals surface area contributed by atoms with Crippen molar-refractivity contribution in [3.63, 3.8) is 0 Å². The summed E-state index contributed by atoms with van der Waals surface area (Å²) in [5.74, 6) is 0.453. The topological polar surface area (TPSA) is 46.1 Å². The molecule has 0 radical (unpaired) electrons. The van der Waals surface area contributed by atoms with Crippen LogP contribution in [0.4, 0.5) is 5.82 Å². The molecular formula is C8H6BrCl2N3O. The lowest BCUT2D eigenvalue weighted by atomic mass is 10.4. The van der Waals surface area contributed by atoms with Gasteiger partial charge in [0.15, 0.2) is 0 Å². The van der Waals surface area contributed by atoms with Gasteiger partial charge in [0, 0.05) is 23.9 Å². The number of halogens is 3. The van der Waals surface area contributed by atoms with E-state index in [9.17, 15) is 4.79 Å². The number of anilines is 1. The van der Waals surface area contributed by atoms with Crippen LogP contribution in [-0.2, 0) is 4.79 Å². The highest BCUT2D eigenvalue weighted by Crippen LogP contribution is 2.25. The van der Waals surface area contributed by atoms with Crippen LogP contribution in [-0.4, -0.2) is 27.2 Å². The molecule has 7 heteroatoms. The number of carbonyl (C=O) groups is 1. The van der Waals surface area contributed by atoms with Crippen LogP contribution in [0.5, 0.6) is 0 Å². The normalized spacial score (nSPS) is 21.1. The lowest BCUT2D eigenvalue weighted by Crippen LogP contribution is -2.25. The Hall–Kier alpha value is -0.390. The quantitative estimate of drug-likeness (QED) is 0.454. The predicted molar refractivity (Wildman–Crippen MR) is 61.7 cm³/mol. The first-order valence-electron chi connectivity index (χ1n) is 4.21. The average Bonchev–Trinajstić information content (AvgIpc) is 2.43. The maximum Gasteiger partial charge on any atom is 0.229 e. The molecule has 1 aromatic rings. The van der Waals surface area contributed by atoms with Gasteiger partial charge in [-0.3, -0.25) is 9.69 Å². The van der Waals surface area contributed by atoms with Crippen LogP contribution in [0.15, 0.2) is 6.07 Å². The summed E-state index contributed by atoms with van der Waals surface area (Å²) in [6.45, 7) is 0.572. The standard InChI is InChI=1S/C8H6BrCl2N3O/c9-4-1-7(15)14(3-4)6-2-5(10)12-8(11)13-6/h2,4H,1,3H2. The molecule has 15 heavy (non-hydrogen) atoms. The molecule has 4 nitrogen and oxygen atoms in total. The summed E-state index contributed by atoms with van der Waals surface area (Å²) in [7, 11) is 0. The molecule has 1 amide bonds. The van der Waals surface area contributed by atoms with E-state index >= 15 is 0 Å². The monoisotopic (exact) mass is 309 g/mol. The molecule has 0 aliphatic carbocycles. The van der Waals surface area contributed by atoms with Crippen molar-refractivity contribution >= 4 is 50.9 Å². The Labute approximate surface area is 105 Å². The molecule has 0 N–H and O–H groups in total. The Kier molecular flexibility index (Phi) is 3.13. The minimum Gasteiger partial charge on any atom is -0.295 e. The summed E-state index contributed by atoms with van der Waals surface area (Å²) >= 11 is 14.8. The van der Waals surface area contributed by atoms with Crippen molar-refractivity contribution < 1.29 is 4.79 Å². The Morgan fingerprint density at radius 1 is 1.47 bits per heavy atom. The van der Waals surface area contributed by atoms with Crippen molar-refractivity contribution in [3.05, 3.63) is 16.5 Å². The highest BCUT2D eigenvalue weighted by Gasteiger charge is 2.30. The average molecular weight is 311 g/mol. The highest BCUT2D eigenvalue weighted by atomic mass is 79.9. The molecule has 1 aliphatic heterocycles. The predicted octanol–water partition coefficient (Wildman–Crippen LogP) is 2.28. The fourth-order valence-corrected chi connectivity index (χ4v) is 2.37. The number of hydrogen-bond acceptors (Lipinski definition) is 3. The van der Waals surface area contributed by atoms with Gasteiger partial charge in [0.25, 0.3) is 0 Å². The van der Waals surface area contributed by atoms with Crippen LogP contribution >= 0.6 is 39.1 Å². The van der Waals surface area contributed by atoms with Crippen LogP contribution < -0.4 is 4.90 Å². The molecule has 0 saturated carbocycles. The van der Waals surface area contributed by atoms with Crippen molar-refractivity contribution in [2.45, 2.75) is 11.2 Å². The number of nitrogens with zero attached hydrogens (tertiary/aromatic N) is 3. The van der Waals surface area contributed by atoms with E-state index in [2.05, 4.69) is 25.9 Å². The number of hydrogen-bond donors (Lipinski definition) is 0. The summed E-state index contributed by atoms with van der Waals surface area (Å²) in [5, 5.41) is 0.277. The van der Waals surface area contributed by atoms with Gasteiger partial charge in [0.1, 0.15) is 11.0 Å². The van der Waals surface area contributed by atoms with Crippen molar-refractivity contribution in [2.24, 2.45) is 0 Å². The number of rotatable bonds is 1. The van der Waals surface area contributed by atoms with Crippen LogP contribution in [0.25, 0.3) is 0 Å². The summed E-state index contributed by atoms with van der Waals surface area (Å²) in [6, 6.07) is 1.52. The van der Waals surface area contributed by atoms with E-state index in [1.807, 2.05) is 0 Å². The van der Waals surface area contributed by atoms with E-state index in [0.717, 1.165) is 0 Å². The lowest BCUT2D eigenvalue weighted by Gasteiger charge is -2.14. The summed E-state index contributed by atoms with van der Waals surface area (Å²) in [5.41, 5.74) is 0. The Bertz CT molecular complexity index is 395. The van der Waals surface area contributed by atoms with E-state index in [1.54, 1.807) is 4.90 Å². The zero-order valence-corrected chi connectivity index (χ0v) is 10.6. The third-order valence-corrected chi connectivity index (χ3v) is 2.98. The molecule has 1 unspecified atom stereocenters. The fraction of sp³-hybridized carbons (Fsp3) is 0.375. The van der Waals surface area contributed by atoms with Crippen LogP contribution in [0.3, 0.4) is 0 Å². The van der Waals surface area contributed by atoms with Crippen LogP contribution in [0, 0.1) is 0 Å². The van der Waals surface area contributed by atoms with E-state index in [-0.39, 0.29) is 21.2 Å². The zero-order chi connectivity index (χ0) is 11.0. The van der Waals surface area contributed by atoms with E-state index < -0.39 is 0 Å². The smallest absolute Gasteiger partial charge is 0.229 e. The molecule has 1 atom stereocenters. The van der Waals surface area contributed by atoms with E-state index in [4.69, 9.17) is 23.2 Å². The molecule has 1 aromatic heterocycles. The van der Waals surface area contributed by atoms with E-state index in [1.165, 1.54) is 6.07 Å². The number of aromatic nitrogens is 2. The van der Waals surface area contributed by atoms with Crippen LogP contribution in [0.2, 0.25) is 10.4 Å². The first-order chi connectivity index (χ1) is 7.06. The molecular weight excluding hydrogens is 305 g/mol. The molecule has 1 saturated heterocycles. The molecule has 0 bridgehead atoms. The largest absolute Gasteiger partial charge is 0.295 e. The van der Waals surface area contributed by atoms with Gasteiger partial charge < -0.3 is 0 Å². The first kappa shape index (κ1) is 11.1. The summed E-state index contributed by atoms with van der Waals surface area (Å²) < 4.78 is 0. The second kappa shape index (κ2) is 4.23. The maximum absolute atomic E-state index is 11.6. The maximum atomic E-state index is 11.6. The molecule has 1 fully saturated rings. The molecule has 2 rings (SSSR count). The fourth-order valence-electron chi connectivity index (χ4n) is 1.40. The van der Waals surface area contributed by atoms with Crippen molar-refractivity contribution in [1.82, 2.24) is 9.97 Å². The van der Waals surface area contributed by atoms with Crippen molar-refractivity contribution in [1.29, 1.82) is 0 Å². The zero-order valence-electron chi connectivity index (χ0n) is 7.45. The van der Waals surface area contributed by atoms with Crippen molar-refractivity contribution in [3.8, 4) is 0 Å². The number of carbonyl (C=O) groups excluding carboxylic acids is 1. The number of amides is 1. The summed E-state index contributed by atoms with van der Waals surface area (Å²) in [4.78, 5) is 20.9. The van der Waals surface area contributed by atoms with Gasteiger partial charge in [-0.2, -0.15) is 0 Å². The summed E-state index contributed by atoms with van der Waals surface area (Å²) in [6.07, 6.45) is 0.458. The van der Waals surface area contributed by atoms with Gasteiger partial charge in [0.05, 0.1) is 0 Å². The van der Waals surface area contributed by atoms with Gasteiger partial charge >= 0.3 is 0 Å². The SMILES string of the molecule is O=C1CC(Br)CN1c1cc(Cl)nc(Cl)n1. The van der Waals surface area contributed by atoms with Gasteiger partial charge in [0.2, 0.25) is 11.2 Å². The highest BCUT2D eigenvalue weighted by molar-refractivity contribution is 9.09. The van der Waals surface area contributed by atoms with Gasteiger partial charge in [-0.25, -0.2) is 9.97 Å². The third kappa shape index (κ3) is 2.41. The van der Waals surface area contributed by atoms with Crippen LogP contribution in [0.1, 0.15) is 6.42 Å². The second-order valence-corrected chi connectivity index (χ2v) is 5.14. The van der Waals surface area contributed by atoms with E-state index in [0.29, 0.717) is 18.8 Å². The third-order valence-electron chi connectivity index (χ3n) is 2.01. The first-order valence-corrected chi connectivity index (χ1v) is 5.88. The minimum absolute atomic E-state index is 0.00251.